The maximum absolute atomic E-state index is 14.1. The molecule has 0 rings (SSSR count). The van der Waals surface area contributed by atoms with Crippen molar-refractivity contribution < 1.29 is 44.6 Å². The third-order valence-corrected chi connectivity index (χ3v) is 2.90. The molecule has 0 N–H and O–H groups in total. The van der Waals surface area contributed by atoms with Crippen molar-refractivity contribution in [2.75, 3.05) is 20.6 Å². The van der Waals surface area contributed by atoms with Gasteiger partial charge in [0.25, 0.3) is 11.8 Å². The fourth-order valence-corrected chi connectivity index (χ4v) is 1.96. The lowest BCUT2D eigenvalue weighted by Gasteiger charge is -2.42. The van der Waals surface area contributed by atoms with Crippen LogP contribution in [-0.2, 0) is 9.47 Å². The van der Waals surface area contributed by atoms with E-state index in [1.165, 1.54) is 0 Å². The molecule has 0 aliphatic rings. The quantitative estimate of drug-likeness (QED) is 0.449. The minimum atomic E-state index is -5.70. The first-order valence-electron chi connectivity index (χ1n) is 6.23. The normalized spacial score (nSPS) is 18.1. The van der Waals surface area contributed by atoms with Crippen molar-refractivity contribution in [2.24, 2.45) is 5.92 Å². The average molecular weight is 346 g/mol. The highest BCUT2D eigenvalue weighted by atomic mass is 19.4. The Balaban J connectivity index is 5.89. The summed E-state index contributed by atoms with van der Waals surface area (Å²) in [5.74, 6) is -10.5. The van der Waals surface area contributed by atoms with Crippen molar-refractivity contribution >= 4 is 0 Å². The standard InChI is InChI=1S/C12H18F8O2/c1-8(5-13)4-10(12(18,19)20,22-7-21-3)11(16,17)6-9(2,14)15/h8H,4-7H2,1-3H3. The van der Waals surface area contributed by atoms with E-state index in [0.717, 1.165) is 14.0 Å². The van der Waals surface area contributed by atoms with Crippen LogP contribution in [0.1, 0.15) is 26.7 Å². The van der Waals surface area contributed by atoms with Crippen LogP contribution in [-0.4, -0.2) is 44.2 Å². The zero-order chi connectivity index (χ0) is 17.8. The number of hydrogen-bond acceptors (Lipinski definition) is 2. The molecule has 0 spiro atoms. The predicted octanol–water partition coefficient (Wildman–Crippen LogP) is 4.58. The molecule has 0 aliphatic heterocycles. The van der Waals surface area contributed by atoms with Crippen molar-refractivity contribution in [1.29, 1.82) is 0 Å². The van der Waals surface area contributed by atoms with E-state index in [-0.39, 0.29) is 6.92 Å². The molecule has 0 aliphatic carbocycles. The molecule has 10 heteroatoms. The molecule has 0 heterocycles. The Bertz CT molecular complexity index is 339. The number of ether oxygens (including phenoxy) is 2. The Morgan fingerprint density at radius 3 is 1.82 bits per heavy atom. The average Bonchev–Trinajstić information content (AvgIpc) is 2.29. The predicted molar refractivity (Wildman–Crippen MR) is 61.7 cm³/mol. The lowest BCUT2D eigenvalue weighted by molar-refractivity contribution is -0.372. The van der Waals surface area contributed by atoms with Crippen LogP contribution in [0.3, 0.4) is 0 Å². The molecule has 0 saturated heterocycles. The van der Waals surface area contributed by atoms with Gasteiger partial charge < -0.3 is 9.47 Å². The Labute approximate surface area is 122 Å². The lowest BCUT2D eigenvalue weighted by atomic mass is 9.82. The van der Waals surface area contributed by atoms with E-state index in [1.54, 1.807) is 0 Å². The summed E-state index contributed by atoms with van der Waals surface area (Å²) < 4.78 is 114. The van der Waals surface area contributed by atoms with Crippen LogP contribution in [0.25, 0.3) is 0 Å². The summed E-state index contributed by atoms with van der Waals surface area (Å²) in [5.41, 5.74) is -4.26. The fourth-order valence-electron chi connectivity index (χ4n) is 1.96. The lowest BCUT2D eigenvalue weighted by Crippen LogP contribution is -2.62. The fraction of sp³-hybridized carbons (Fsp3) is 1.00. The van der Waals surface area contributed by atoms with E-state index in [0.29, 0.717) is 0 Å². The number of hydrogen-bond donors (Lipinski definition) is 0. The van der Waals surface area contributed by atoms with Gasteiger partial charge in [0.05, 0.1) is 13.1 Å². The van der Waals surface area contributed by atoms with Gasteiger partial charge in [0.2, 0.25) is 5.60 Å². The van der Waals surface area contributed by atoms with Gasteiger partial charge in [0, 0.05) is 7.11 Å². The summed E-state index contributed by atoms with van der Waals surface area (Å²) in [6.07, 6.45) is -9.61. The van der Waals surface area contributed by atoms with Crippen molar-refractivity contribution in [3.63, 3.8) is 0 Å². The molecule has 0 aromatic rings. The number of halogens is 8. The van der Waals surface area contributed by atoms with Crippen molar-refractivity contribution in [1.82, 2.24) is 0 Å². The zero-order valence-corrected chi connectivity index (χ0v) is 12.2. The summed E-state index contributed by atoms with van der Waals surface area (Å²) in [5, 5.41) is 0. The molecular formula is C12H18F8O2. The van der Waals surface area contributed by atoms with E-state index in [1.807, 2.05) is 0 Å². The van der Waals surface area contributed by atoms with Crippen molar-refractivity contribution in [3.05, 3.63) is 0 Å². The highest BCUT2D eigenvalue weighted by Gasteiger charge is 2.72. The van der Waals surface area contributed by atoms with Crippen LogP contribution in [0.4, 0.5) is 35.1 Å². The van der Waals surface area contributed by atoms with Crippen molar-refractivity contribution in [2.45, 2.75) is 50.3 Å². The van der Waals surface area contributed by atoms with Crippen molar-refractivity contribution in [3.8, 4) is 0 Å². The summed E-state index contributed by atoms with van der Waals surface area (Å²) in [4.78, 5) is 0. The highest BCUT2D eigenvalue weighted by molar-refractivity contribution is 5.03. The van der Waals surface area contributed by atoms with E-state index < -0.39 is 55.8 Å². The molecule has 0 aromatic heterocycles. The van der Waals surface area contributed by atoms with E-state index in [9.17, 15) is 35.1 Å². The monoisotopic (exact) mass is 346 g/mol. The molecule has 2 atom stereocenters. The van der Waals surface area contributed by atoms with Gasteiger partial charge in [-0.2, -0.15) is 13.2 Å². The molecule has 0 amide bonds. The first kappa shape index (κ1) is 21.4. The molecule has 134 valence electrons. The molecule has 0 saturated carbocycles. The third kappa shape index (κ3) is 5.22. The summed E-state index contributed by atoms with van der Waals surface area (Å²) in [7, 11) is 0.881. The van der Waals surface area contributed by atoms with Gasteiger partial charge in [-0.1, -0.05) is 6.92 Å². The first-order valence-corrected chi connectivity index (χ1v) is 6.23. The summed E-state index contributed by atoms with van der Waals surface area (Å²) in [6.45, 7) is -1.54. The Kier molecular flexibility index (Phi) is 7.08. The van der Waals surface area contributed by atoms with Crippen LogP contribution in [0, 0.1) is 5.92 Å². The largest absolute Gasteiger partial charge is 0.423 e. The molecule has 0 aromatic carbocycles. The van der Waals surface area contributed by atoms with Gasteiger partial charge in [-0.15, -0.1) is 0 Å². The Morgan fingerprint density at radius 2 is 1.50 bits per heavy atom. The van der Waals surface area contributed by atoms with Crippen LogP contribution >= 0.6 is 0 Å². The first-order chi connectivity index (χ1) is 9.72. The van der Waals surface area contributed by atoms with Gasteiger partial charge in [-0.3, -0.25) is 4.39 Å². The number of rotatable bonds is 9. The molecule has 22 heavy (non-hydrogen) atoms. The van der Waals surface area contributed by atoms with Crippen LogP contribution in [0.5, 0.6) is 0 Å². The topological polar surface area (TPSA) is 18.5 Å². The zero-order valence-electron chi connectivity index (χ0n) is 12.2. The van der Waals surface area contributed by atoms with Crippen LogP contribution < -0.4 is 0 Å². The number of alkyl halides is 8. The Morgan fingerprint density at radius 1 is 1.00 bits per heavy atom. The van der Waals surface area contributed by atoms with Gasteiger partial charge in [0.15, 0.2) is 0 Å². The van der Waals surface area contributed by atoms with Gasteiger partial charge in [-0.25, -0.2) is 17.6 Å². The molecular weight excluding hydrogens is 328 g/mol. The van der Waals surface area contributed by atoms with E-state index in [4.69, 9.17) is 0 Å². The van der Waals surface area contributed by atoms with Gasteiger partial charge >= 0.3 is 6.18 Å². The maximum atomic E-state index is 14.1. The molecule has 2 unspecified atom stereocenters. The molecule has 0 fully saturated rings. The maximum Gasteiger partial charge on any atom is 0.423 e. The third-order valence-electron chi connectivity index (χ3n) is 2.90. The minimum Gasteiger partial charge on any atom is -0.359 e. The molecule has 2 nitrogen and oxygen atoms in total. The summed E-state index contributed by atoms with van der Waals surface area (Å²) >= 11 is 0. The van der Waals surface area contributed by atoms with E-state index >= 15 is 0 Å². The second-order valence-electron chi connectivity index (χ2n) is 5.29. The van der Waals surface area contributed by atoms with Gasteiger partial charge in [0.1, 0.15) is 6.79 Å². The molecule has 0 radical (unpaired) electrons. The summed E-state index contributed by atoms with van der Waals surface area (Å²) in [6, 6.07) is 0. The van der Waals surface area contributed by atoms with Crippen LogP contribution in [0.15, 0.2) is 0 Å². The second kappa shape index (κ2) is 7.29. The molecule has 0 bridgehead atoms. The smallest absolute Gasteiger partial charge is 0.359 e. The van der Waals surface area contributed by atoms with Crippen LogP contribution in [0.2, 0.25) is 0 Å². The SMILES string of the molecule is COCOC(CC(C)CF)(C(F)(F)F)C(F)(F)CC(C)(F)F. The van der Waals surface area contributed by atoms with E-state index in [2.05, 4.69) is 9.47 Å². The number of methoxy groups -OCH3 is 1. The Hall–Kier alpha value is -0.640. The minimum absolute atomic E-state index is 0.0664. The van der Waals surface area contributed by atoms with Gasteiger partial charge in [-0.05, 0) is 19.3 Å². The highest BCUT2D eigenvalue weighted by Crippen LogP contribution is 2.52. The second-order valence-corrected chi connectivity index (χ2v) is 5.29.